The van der Waals surface area contributed by atoms with Crippen molar-refractivity contribution in [1.82, 2.24) is 9.80 Å². The zero-order valence-electron chi connectivity index (χ0n) is 15.4. The lowest BCUT2D eigenvalue weighted by molar-refractivity contribution is 0.0641. The maximum atomic E-state index is 12.8. The lowest BCUT2D eigenvalue weighted by Crippen LogP contribution is -2.39. The summed E-state index contributed by atoms with van der Waals surface area (Å²) in [5, 5.41) is 0. The number of carbonyl (C=O) groups is 3. The summed E-state index contributed by atoms with van der Waals surface area (Å²) in [5.41, 5.74) is 2.27. The largest absolute Gasteiger partial charge is 0.338 e. The highest BCUT2D eigenvalue weighted by atomic mass is 16.2. The number of amides is 3. The predicted octanol–water partition coefficient (Wildman–Crippen LogP) is 3.35. The van der Waals surface area contributed by atoms with E-state index in [4.69, 9.17) is 0 Å². The quantitative estimate of drug-likeness (QED) is 0.787. The molecule has 2 aromatic carbocycles. The van der Waals surface area contributed by atoms with Gasteiger partial charge in [0.1, 0.15) is 0 Å². The minimum atomic E-state index is -0.280. The molecule has 3 amide bonds. The van der Waals surface area contributed by atoms with E-state index >= 15 is 0 Å². The van der Waals surface area contributed by atoms with E-state index in [-0.39, 0.29) is 24.3 Å². The topological polar surface area (TPSA) is 57.7 Å². The zero-order valence-corrected chi connectivity index (χ0v) is 15.4. The normalized spacial score (nSPS) is 19.4. The molecule has 0 aromatic heterocycles. The van der Waals surface area contributed by atoms with Crippen molar-refractivity contribution in [2.24, 2.45) is 5.92 Å². The Bertz CT molecular complexity index is 886. The number of fused-ring (bicyclic) bond motifs is 1. The zero-order chi connectivity index (χ0) is 19.0. The first-order chi connectivity index (χ1) is 13.0. The van der Waals surface area contributed by atoms with Crippen molar-refractivity contribution in [2.45, 2.75) is 26.3 Å². The van der Waals surface area contributed by atoms with Crippen LogP contribution in [0.2, 0.25) is 0 Å². The van der Waals surface area contributed by atoms with Crippen molar-refractivity contribution in [3.8, 4) is 0 Å². The molecule has 1 saturated heterocycles. The van der Waals surface area contributed by atoms with Crippen LogP contribution in [0.5, 0.6) is 0 Å². The molecule has 1 atom stereocenters. The molecule has 2 aromatic rings. The molecule has 4 rings (SSSR count). The van der Waals surface area contributed by atoms with Gasteiger partial charge in [0.2, 0.25) is 0 Å². The molecular formula is C22H22N2O3. The van der Waals surface area contributed by atoms with Crippen LogP contribution in [-0.2, 0) is 6.54 Å². The molecule has 0 saturated carbocycles. The van der Waals surface area contributed by atoms with E-state index in [1.807, 2.05) is 17.0 Å². The second-order valence-corrected chi connectivity index (χ2v) is 7.44. The second kappa shape index (κ2) is 6.99. The molecule has 27 heavy (non-hydrogen) atoms. The predicted molar refractivity (Wildman–Crippen MR) is 101 cm³/mol. The molecule has 138 valence electrons. The van der Waals surface area contributed by atoms with Crippen LogP contribution < -0.4 is 0 Å². The van der Waals surface area contributed by atoms with Crippen LogP contribution in [0.25, 0.3) is 0 Å². The number of piperidine rings is 1. The van der Waals surface area contributed by atoms with Gasteiger partial charge in [0.15, 0.2) is 0 Å². The molecule has 0 radical (unpaired) electrons. The molecule has 0 N–H and O–H groups in total. The summed E-state index contributed by atoms with van der Waals surface area (Å²) in [5.74, 6) is -0.0237. The minimum absolute atomic E-state index is 0.0192. The summed E-state index contributed by atoms with van der Waals surface area (Å²) in [7, 11) is 0. The first kappa shape index (κ1) is 17.5. The summed E-state index contributed by atoms with van der Waals surface area (Å²) in [6.45, 7) is 3.90. The number of hydrogen-bond donors (Lipinski definition) is 0. The Kier molecular flexibility index (Phi) is 4.52. The number of imide groups is 1. The van der Waals surface area contributed by atoms with E-state index in [9.17, 15) is 14.4 Å². The first-order valence-electron chi connectivity index (χ1n) is 9.38. The first-order valence-corrected chi connectivity index (χ1v) is 9.38. The van der Waals surface area contributed by atoms with Gasteiger partial charge in [0, 0.05) is 18.7 Å². The Morgan fingerprint density at radius 1 is 1.04 bits per heavy atom. The van der Waals surface area contributed by atoms with Gasteiger partial charge in [-0.1, -0.05) is 31.2 Å². The molecule has 2 aliphatic rings. The van der Waals surface area contributed by atoms with Crippen LogP contribution in [0, 0.1) is 5.92 Å². The number of hydrogen-bond acceptors (Lipinski definition) is 3. The molecule has 2 aliphatic heterocycles. The van der Waals surface area contributed by atoms with Gasteiger partial charge in [-0.05, 0) is 48.6 Å². The number of carbonyl (C=O) groups excluding carboxylic acids is 3. The van der Waals surface area contributed by atoms with Crippen molar-refractivity contribution >= 4 is 17.7 Å². The Labute approximate surface area is 158 Å². The summed E-state index contributed by atoms with van der Waals surface area (Å²) in [6, 6.07) is 14.1. The summed E-state index contributed by atoms with van der Waals surface area (Å²) >= 11 is 0. The van der Waals surface area contributed by atoms with Crippen LogP contribution in [0.3, 0.4) is 0 Å². The van der Waals surface area contributed by atoms with E-state index in [2.05, 4.69) is 6.92 Å². The maximum Gasteiger partial charge on any atom is 0.261 e. The van der Waals surface area contributed by atoms with Crippen molar-refractivity contribution < 1.29 is 14.4 Å². The number of benzene rings is 2. The second-order valence-electron chi connectivity index (χ2n) is 7.44. The molecule has 0 bridgehead atoms. The van der Waals surface area contributed by atoms with Crippen molar-refractivity contribution in [3.63, 3.8) is 0 Å². The number of likely N-dealkylation sites (tertiary alicyclic amines) is 1. The third-order valence-corrected chi connectivity index (χ3v) is 5.34. The maximum absolute atomic E-state index is 12.8. The fourth-order valence-electron chi connectivity index (χ4n) is 3.92. The molecule has 5 heteroatoms. The van der Waals surface area contributed by atoms with Gasteiger partial charge in [-0.2, -0.15) is 0 Å². The van der Waals surface area contributed by atoms with Gasteiger partial charge in [-0.25, -0.2) is 0 Å². The van der Waals surface area contributed by atoms with E-state index in [1.54, 1.807) is 36.4 Å². The van der Waals surface area contributed by atoms with Crippen LogP contribution >= 0.6 is 0 Å². The van der Waals surface area contributed by atoms with E-state index in [0.29, 0.717) is 22.6 Å². The molecular weight excluding hydrogens is 340 g/mol. The highest BCUT2D eigenvalue weighted by Gasteiger charge is 2.35. The Morgan fingerprint density at radius 3 is 2.41 bits per heavy atom. The summed E-state index contributed by atoms with van der Waals surface area (Å²) in [4.78, 5) is 41.1. The van der Waals surface area contributed by atoms with Crippen molar-refractivity contribution in [3.05, 3.63) is 70.8 Å². The average molecular weight is 362 g/mol. The molecule has 2 heterocycles. The number of rotatable bonds is 3. The third kappa shape index (κ3) is 3.25. The fraction of sp³-hybridized carbons (Fsp3) is 0.318. The smallest absolute Gasteiger partial charge is 0.261 e. The SMILES string of the molecule is C[C@@H]1CCCN(C(=O)c2cccc(CN3C(=O)c4ccccc4C3=O)c2)C1. The molecule has 5 nitrogen and oxygen atoms in total. The Morgan fingerprint density at radius 2 is 1.74 bits per heavy atom. The highest BCUT2D eigenvalue weighted by molar-refractivity contribution is 6.21. The Hall–Kier alpha value is -2.95. The molecule has 0 spiro atoms. The standard InChI is InChI=1S/C22H22N2O3/c1-15-6-5-11-23(13-15)20(25)17-8-4-7-16(12-17)14-24-21(26)18-9-2-3-10-19(18)22(24)27/h2-4,7-10,12,15H,5-6,11,13-14H2,1H3/t15-/m1/s1. The van der Waals surface area contributed by atoms with Gasteiger partial charge >= 0.3 is 0 Å². The summed E-state index contributed by atoms with van der Waals surface area (Å²) < 4.78 is 0. The van der Waals surface area contributed by atoms with Gasteiger partial charge in [-0.15, -0.1) is 0 Å². The van der Waals surface area contributed by atoms with E-state index in [0.717, 1.165) is 31.5 Å². The van der Waals surface area contributed by atoms with Gasteiger partial charge < -0.3 is 4.90 Å². The van der Waals surface area contributed by atoms with Gasteiger partial charge in [0.05, 0.1) is 17.7 Å². The fourth-order valence-corrected chi connectivity index (χ4v) is 3.92. The monoisotopic (exact) mass is 362 g/mol. The Balaban J connectivity index is 1.53. The van der Waals surface area contributed by atoms with Gasteiger partial charge in [-0.3, -0.25) is 19.3 Å². The lowest BCUT2D eigenvalue weighted by Gasteiger charge is -2.31. The molecule has 0 unspecified atom stereocenters. The van der Waals surface area contributed by atoms with Crippen LogP contribution in [0.4, 0.5) is 0 Å². The van der Waals surface area contributed by atoms with Crippen LogP contribution in [0.1, 0.15) is 56.4 Å². The molecule has 0 aliphatic carbocycles. The van der Waals surface area contributed by atoms with Crippen LogP contribution in [0.15, 0.2) is 48.5 Å². The average Bonchev–Trinajstić information content (AvgIpc) is 2.93. The van der Waals surface area contributed by atoms with Crippen LogP contribution in [-0.4, -0.2) is 40.6 Å². The highest BCUT2D eigenvalue weighted by Crippen LogP contribution is 2.25. The van der Waals surface area contributed by atoms with Gasteiger partial charge in [0.25, 0.3) is 17.7 Å². The molecule has 1 fully saturated rings. The van der Waals surface area contributed by atoms with E-state index in [1.165, 1.54) is 4.90 Å². The summed E-state index contributed by atoms with van der Waals surface area (Å²) in [6.07, 6.45) is 2.19. The minimum Gasteiger partial charge on any atom is -0.338 e. The van der Waals surface area contributed by atoms with Crippen molar-refractivity contribution in [2.75, 3.05) is 13.1 Å². The third-order valence-electron chi connectivity index (χ3n) is 5.34. The number of nitrogens with zero attached hydrogens (tertiary/aromatic N) is 2. The lowest BCUT2D eigenvalue weighted by atomic mass is 9.99. The van der Waals surface area contributed by atoms with E-state index < -0.39 is 0 Å². The van der Waals surface area contributed by atoms with Crippen molar-refractivity contribution in [1.29, 1.82) is 0 Å².